The molecule has 0 saturated carbocycles. The first-order chi connectivity index (χ1) is 19.4. The predicted molar refractivity (Wildman–Crippen MR) is 152 cm³/mol. The third-order valence-electron chi connectivity index (χ3n) is 7.41. The van der Waals surface area contributed by atoms with Crippen LogP contribution in [0.25, 0.3) is 10.6 Å². The Morgan fingerprint density at radius 2 is 1.95 bits per heavy atom. The molecule has 3 aromatic rings. The largest absolute Gasteiger partial charge is 0.457 e. The van der Waals surface area contributed by atoms with Crippen LogP contribution in [0.5, 0.6) is 11.5 Å². The average molecular weight is 565 g/mol. The SMILES string of the molecule is CC(C)c1nnc(-c2ccc(Oc3cc(C(=O)NCC(O)C4CCOCC4)ccc3CN3CCCC3=O)cc2)s1. The van der Waals surface area contributed by atoms with Crippen LogP contribution in [0.1, 0.15) is 66.4 Å². The van der Waals surface area contributed by atoms with Gasteiger partial charge in [0.15, 0.2) is 0 Å². The first kappa shape index (κ1) is 28.2. The molecular weight excluding hydrogens is 528 g/mol. The van der Waals surface area contributed by atoms with Crippen molar-refractivity contribution in [2.24, 2.45) is 5.92 Å². The number of aliphatic hydroxyl groups is 1. The minimum atomic E-state index is -0.618. The van der Waals surface area contributed by atoms with Gasteiger partial charge in [0.25, 0.3) is 5.91 Å². The zero-order valence-corrected chi connectivity index (χ0v) is 23.8. The summed E-state index contributed by atoms with van der Waals surface area (Å²) in [6.45, 7) is 6.76. The van der Waals surface area contributed by atoms with Crippen LogP contribution in [0.15, 0.2) is 42.5 Å². The molecule has 5 rings (SSSR count). The molecule has 3 heterocycles. The number of aliphatic hydroxyl groups excluding tert-OH is 1. The van der Waals surface area contributed by atoms with Gasteiger partial charge in [0, 0.05) is 61.9 Å². The Labute approximate surface area is 238 Å². The van der Waals surface area contributed by atoms with Crippen LogP contribution in [-0.4, -0.2) is 64.4 Å². The third-order valence-corrected chi connectivity index (χ3v) is 8.68. The second-order valence-electron chi connectivity index (χ2n) is 10.7. The number of rotatable bonds is 10. The van der Waals surface area contributed by atoms with E-state index in [2.05, 4.69) is 29.4 Å². The van der Waals surface area contributed by atoms with Crippen LogP contribution >= 0.6 is 11.3 Å². The molecule has 2 aromatic carbocycles. The van der Waals surface area contributed by atoms with Crippen molar-refractivity contribution in [3.63, 3.8) is 0 Å². The summed E-state index contributed by atoms with van der Waals surface area (Å²) in [5.41, 5.74) is 2.21. The molecule has 1 aromatic heterocycles. The van der Waals surface area contributed by atoms with Crippen molar-refractivity contribution >= 4 is 23.2 Å². The lowest BCUT2D eigenvalue weighted by molar-refractivity contribution is -0.128. The normalized spacial score (nSPS) is 16.9. The van der Waals surface area contributed by atoms with Crippen LogP contribution in [-0.2, 0) is 16.1 Å². The second kappa shape index (κ2) is 12.9. The number of carbonyl (C=O) groups excluding carboxylic acids is 2. The van der Waals surface area contributed by atoms with Gasteiger partial charge in [0.2, 0.25) is 5.91 Å². The Morgan fingerprint density at radius 3 is 2.62 bits per heavy atom. The maximum absolute atomic E-state index is 13.0. The van der Waals surface area contributed by atoms with Gasteiger partial charge in [0.05, 0.1) is 6.10 Å². The van der Waals surface area contributed by atoms with Crippen molar-refractivity contribution in [2.45, 2.75) is 58.1 Å². The number of nitrogens with zero attached hydrogens (tertiary/aromatic N) is 3. The number of ether oxygens (including phenoxy) is 2. The molecule has 9 nitrogen and oxygen atoms in total. The van der Waals surface area contributed by atoms with E-state index in [9.17, 15) is 14.7 Å². The van der Waals surface area contributed by atoms with Crippen LogP contribution in [0.3, 0.4) is 0 Å². The third kappa shape index (κ3) is 6.86. The van der Waals surface area contributed by atoms with Crippen molar-refractivity contribution < 1.29 is 24.2 Å². The molecule has 2 aliphatic heterocycles. The number of hydrogen-bond acceptors (Lipinski definition) is 8. The molecule has 2 saturated heterocycles. The number of amides is 2. The molecule has 2 fully saturated rings. The van der Waals surface area contributed by atoms with E-state index in [0.717, 1.165) is 40.4 Å². The van der Waals surface area contributed by atoms with Crippen LogP contribution in [0, 0.1) is 5.92 Å². The summed E-state index contributed by atoms with van der Waals surface area (Å²) < 4.78 is 11.7. The highest BCUT2D eigenvalue weighted by atomic mass is 32.1. The van der Waals surface area contributed by atoms with E-state index < -0.39 is 6.10 Å². The fraction of sp³-hybridized carbons (Fsp3) is 0.467. The van der Waals surface area contributed by atoms with Gasteiger partial charge in [-0.2, -0.15) is 0 Å². The molecule has 10 heteroatoms. The van der Waals surface area contributed by atoms with E-state index in [1.165, 1.54) is 0 Å². The maximum atomic E-state index is 13.0. The van der Waals surface area contributed by atoms with Crippen molar-refractivity contribution in [1.82, 2.24) is 20.4 Å². The highest BCUT2D eigenvalue weighted by Gasteiger charge is 2.24. The number of nitrogens with one attached hydrogen (secondary N) is 1. The van der Waals surface area contributed by atoms with Crippen molar-refractivity contribution in [3.8, 4) is 22.1 Å². The molecule has 0 spiro atoms. The lowest BCUT2D eigenvalue weighted by Gasteiger charge is -2.26. The number of likely N-dealkylation sites (tertiary alicyclic amines) is 1. The molecule has 2 aliphatic rings. The van der Waals surface area contributed by atoms with E-state index >= 15 is 0 Å². The summed E-state index contributed by atoms with van der Waals surface area (Å²) >= 11 is 1.58. The highest BCUT2D eigenvalue weighted by molar-refractivity contribution is 7.14. The molecule has 2 N–H and O–H groups in total. The zero-order chi connectivity index (χ0) is 28.1. The summed E-state index contributed by atoms with van der Waals surface area (Å²) in [7, 11) is 0. The first-order valence-corrected chi connectivity index (χ1v) is 14.8. The van der Waals surface area contributed by atoms with Crippen LogP contribution in [0.2, 0.25) is 0 Å². The predicted octanol–water partition coefficient (Wildman–Crippen LogP) is 4.76. The van der Waals surface area contributed by atoms with Gasteiger partial charge in [-0.25, -0.2) is 0 Å². The molecular formula is C30H36N4O5S. The lowest BCUT2D eigenvalue weighted by Crippen LogP contribution is -2.38. The molecule has 2 amide bonds. The summed E-state index contributed by atoms with van der Waals surface area (Å²) in [5.74, 6) is 1.41. The summed E-state index contributed by atoms with van der Waals surface area (Å²) in [5, 5.41) is 23.8. The van der Waals surface area contributed by atoms with Crippen molar-refractivity contribution in [2.75, 3.05) is 26.3 Å². The average Bonchev–Trinajstić information content (AvgIpc) is 3.63. The molecule has 0 aliphatic carbocycles. The quantitative estimate of drug-likeness (QED) is 0.365. The Kier molecular flexibility index (Phi) is 9.08. The van der Waals surface area contributed by atoms with E-state index in [1.807, 2.05) is 35.2 Å². The van der Waals surface area contributed by atoms with Crippen LogP contribution < -0.4 is 10.1 Å². The van der Waals surface area contributed by atoms with Crippen LogP contribution in [0.4, 0.5) is 0 Å². The van der Waals surface area contributed by atoms with Gasteiger partial charge >= 0.3 is 0 Å². The highest BCUT2D eigenvalue weighted by Crippen LogP contribution is 2.32. The number of aromatic nitrogens is 2. The maximum Gasteiger partial charge on any atom is 0.251 e. The topological polar surface area (TPSA) is 114 Å². The van der Waals surface area contributed by atoms with Gasteiger partial charge < -0.3 is 24.8 Å². The molecule has 40 heavy (non-hydrogen) atoms. The minimum absolute atomic E-state index is 0.119. The fourth-order valence-electron chi connectivity index (χ4n) is 4.94. The van der Waals surface area contributed by atoms with Crippen molar-refractivity contribution in [1.29, 1.82) is 0 Å². The summed E-state index contributed by atoms with van der Waals surface area (Å²) in [6, 6.07) is 12.9. The lowest BCUT2D eigenvalue weighted by atomic mass is 9.94. The number of carbonyl (C=O) groups is 2. The van der Waals surface area contributed by atoms with E-state index in [1.54, 1.807) is 23.5 Å². The zero-order valence-electron chi connectivity index (χ0n) is 23.0. The Balaban J connectivity index is 1.32. The smallest absolute Gasteiger partial charge is 0.251 e. The first-order valence-electron chi connectivity index (χ1n) is 13.9. The minimum Gasteiger partial charge on any atom is -0.457 e. The molecule has 0 bridgehead atoms. The van der Waals surface area contributed by atoms with Gasteiger partial charge in [0.1, 0.15) is 21.5 Å². The van der Waals surface area contributed by atoms with E-state index in [4.69, 9.17) is 9.47 Å². The van der Waals surface area contributed by atoms with Gasteiger partial charge in [-0.1, -0.05) is 31.3 Å². The summed E-state index contributed by atoms with van der Waals surface area (Å²) in [6.07, 6.45) is 2.35. The number of hydrogen-bond donors (Lipinski definition) is 2. The van der Waals surface area contributed by atoms with Gasteiger partial charge in [-0.3, -0.25) is 9.59 Å². The molecule has 1 atom stereocenters. The molecule has 212 valence electrons. The van der Waals surface area contributed by atoms with E-state index in [-0.39, 0.29) is 24.3 Å². The number of benzene rings is 2. The van der Waals surface area contributed by atoms with E-state index in [0.29, 0.717) is 55.7 Å². The summed E-state index contributed by atoms with van der Waals surface area (Å²) in [4.78, 5) is 27.1. The monoisotopic (exact) mass is 564 g/mol. The van der Waals surface area contributed by atoms with Gasteiger partial charge in [-0.15, -0.1) is 10.2 Å². The van der Waals surface area contributed by atoms with Crippen molar-refractivity contribution in [3.05, 3.63) is 58.6 Å². The standard InChI is InChI=1S/C30H36N4O5S/c1-19(2)29-32-33-30(40-29)21-7-9-24(10-8-21)39-26-16-22(5-6-23(26)18-34-13-3-4-27(34)36)28(37)31-17-25(35)20-11-14-38-15-12-20/h5-10,16,19-20,25,35H,3-4,11-15,17-18H2,1-2H3,(H,31,37). The Hall–Kier alpha value is -3.34. The molecule has 0 radical (unpaired) electrons. The van der Waals surface area contributed by atoms with Gasteiger partial charge in [-0.05, 0) is 61.6 Å². The molecule has 1 unspecified atom stereocenters. The Morgan fingerprint density at radius 1 is 1.18 bits per heavy atom. The Bertz CT molecular complexity index is 1320. The second-order valence-corrected chi connectivity index (χ2v) is 11.7. The fourth-order valence-corrected chi connectivity index (χ4v) is 5.79.